The van der Waals surface area contributed by atoms with E-state index in [4.69, 9.17) is 19.7 Å². The molecule has 0 amide bonds. The summed E-state index contributed by atoms with van der Waals surface area (Å²) in [5.74, 6) is 0.766. The predicted molar refractivity (Wildman–Crippen MR) is 69.0 cm³/mol. The number of halogens is 2. The van der Waals surface area contributed by atoms with E-state index in [9.17, 15) is 8.78 Å². The molecule has 1 aromatic rings. The average Bonchev–Trinajstić information content (AvgIpc) is 2.93. The van der Waals surface area contributed by atoms with Crippen LogP contribution in [0.1, 0.15) is 17.8 Å². The first-order valence-electron chi connectivity index (χ1n) is 6.89. The molecule has 0 radical (unpaired) electrons. The molecule has 2 N–H and O–H groups in total. The number of nitrogens with zero attached hydrogens (tertiary/aromatic N) is 3. The maximum atomic E-state index is 11.9. The van der Waals surface area contributed by atoms with Gasteiger partial charge in [-0.05, 0) is 0 Å². The molecule has 1 atom stereocenters. The first-order valence-corrected chi connectivity index (χ1v) is 6.89. The first kappa shape index (κ1) is 16.2. The smallest absolute Gasteiger partial charge is 0.261 e. The number of alkyl halides is 2. The zero-order valence-corrected chi connectivity index (χ0v) is 11.7. The average molecular weight is 306 g/mol. The summed E-state index contributed by atoms with van der Waals surface area (Å²) in [5.41, 5.74) is 6.04. The van der Waals surface area contributed by atoms with Gasteiger partial charge in [0.1, 0.15) is 6.61 Å². The summed E-state index contributed by atoms with van der Waals surface area (Å²) < 4.78 is 38.8. The van der Waals surface area contributed by atoms with Crippen LogP contribution in [0.4, 0.5) is 8.78 Å². The van der Waals surface area contributed by atoms with Crippen LogP contribution in [0.25, 0.3) is 0 Å². The Morgan fingerprint density at radius 3 is 2.81 bits per heavy atom. The van der Waals surface area contributed by atoms with Gasteiger partial charge in [-0.25, -0.2) is 8.78 Å². The van der Waals surface area contributed by atoms with Crippen molar-refractivity contribution in [1.29, 1.82) is 0 Å². The second-order valence-electron chi connectivity index (χ2n) is 4.78. The molecular formula is C12H20F2N4O3. The van der Waals surface area contributed by atoms with Gasteiger partial charge in [-0.15, -0.1) is 0 Å². The molecule has 7 nitrogen and oxygen atoms in total. The highest BCUT2D eigenvalue weighted by molar-refractivity contribution is 4.94. The molecule has 21 heavy (non-hydrogen) atoms. The Hall–Kier alpha value is -1.16. The molecule has 1 aliphatic heterocycles. The SMILES string of the molecule is NC(CN1CCOCC1)c1noc(CCOCC(F)F)n1. The summed E-state index contributed by atoms with van der Waals surface area (Å²) >= 11 is 0. The zero-order valence-electron chi connectivity index (χ0n) is 11.7. The fourth-order valence-electron chi connectivity index (χ4n) is 2.00. The Morgan fingerprint density at radius 2 is 2.10 bits per heavy atom. The summed E-state index contributed by atoms with van der Waals surface area (Å²) in [6.07, 6.45) is -2.17. The molecule has 1 unspecified atom stereocenters. The Labute approximate surface area is 121 Å². The number of morpholine rings is 1. The molecule has 9 heteroatoms. The van der Waals surface area contributed by atoms with Gasteiger partial charge in [0.15, 0.2) is 5.82 Å². The normalized spacial score (nSPS) is 18.3. The maximum absolute atomic E-state index is 11.9. The van der Waals surface area contributed by atoms with Crippen molar-refractivity contribution in [1.82, 2.24) is 15.0 Å². The van der Waals surface area contributed by atoms with Crippen LogP contribution in [-0.4, -0.2) is 67.5 Å². The van der Waals surface area contributed by atoms with Gasteiger partial charge in [-0.1, -0.05) is 5.16 Å². The highest BCUT2D eigenvalue weighted by Crippen LogP contribution is 2.10. The Balaban J connectivity index is 1.73. The van der Waals surface area contributed by atoms with Gasteiger partial charge in [0.2, 0.25) is 5.89 Å². The fourth-order valence-corrected chi connectivity index (χ4v) is 2.00. The van der Waals surface area contributed by atoms with Crippen LogP contribution in [0, 0.1) is 0 Å². The van der Waals surface area contributed by atoms with Crippen molar-refractivity contribution in [3.63, 3.8) is 0 Å². The molecule has 1 aliphatic rings. The van der Waals surface area contributed by atoms with Gasteiger partial charge in [0.25, 0.3) is 6.43 Å². The number of hydrogen-bond donors (Lipinski definition) is 1. The minimum atomic E-state index is -2.47. The molecule has 120 valence electrons. The fraction of sp³-hybridized carbons (Fsp3) is 0.833. The van der Waals surface area contributed by atoms with Gasteiger partial charge in [-0.3, -0.25) is 4.90 Å². The van der Waals surface area contributed by atoms with Crippen molar-refractivity contribution >= 4 is 0 Å². The van der Waals surface area contributed by atoms with E-state index in [1.54, 1.807) is 0 Å². The van der Waals surface area contributed by atoms with E-state index in [1.165, 1.54) is 0 Å². The van der Waals surface area contributed by atoms with Crippen molar-refractivity contribution in [2.75, 3.05) is 46.1 Å². The van der Waals surface area contributed by atoms with E-state index >= 15 is 0 Å². The topological polar surface area (TPSA) is 86.6 Å². The number of ether oxygens (including phenoxy) is 2. The zero-order chi connectivity index (χ0) is 15.1. The molecule has 0 aromatic carbocycles. The van der Waals surface area contributed by atoms with Gasteiger partial charge in [-0.2, -0.15) is 4.98 Å². The number of nitrogens with two attached hydrogens (primary N) is 1. The summed E-state index contributed by atoms with van der Waals surface area (Å²) in [7, 11) is 0. The highest BCUT2D eigenvalue weighted by atomic mass is 19.3. The molecule has 2 heterocycles. The van der Waals surface area contributed by atoms with Crippen LogP contribution in [0.3, 0.4) is 0 Å². The quantitative estimate of drug-likeness (QED) is 0.688. The predicted octanol–water partition coefficient (Wildman–Crippen LogP) is 0.226. The molecule has 0 bridgehead atoms. The van der Waals surface area contributed by atoms with Crippen molar-refractivity contribution in [3.05, 3.63) is 11.7 Å². The van der Waals surface area contributed by atoms with Crippen LogP contribution in [0.15, 0.2) is 4.52 Å². The molecule has 0 spiro atoms. The lowest BCUT2D eigenvalue weighted by molar-refractivity contribution is 0.0171. The Bertz CT molecular complexity index is 413. The van der Waals surface area contributed by atoms with Gasteiger partial charge in [0.05, 0.1) is 32.3 Å². The molecule has 0 aliphatic carbocycles. The van der Waals surface area contributed by atoms with Crippen molar-refractivity contribution < 1.29 is 22.8 Å². The lowest BCUT2D eigenvalue weighted by atomic mass is 10.2. The van der Waals surface area contributed by atoms with E-state index < -0.39 is 13.0 Å². The monoisotopic (exact) mass is 306 g/mol. The van der Waals surface area contributed by atoms with Crippen LogP contribution >= 0.6 is 0 Å². The highest BCUT2D eigenvalue weighted by Gasteiger charge is 2.19. The molecule has 1 aromatic heterocycles. The van der Waals surface area contributed by atoms with Crippen LogP contribution in [0.5, 0.6) is 0 Å². The third kappa shape index (κ3) is 5.62. The number of aromatic nitrogens is 2. The number of rotatable bonds is 8. The van der Waals surface area contributed by atoms with E-state index in [1.807, 2.05) is 0 Å². The van der Waals surface area contributed by atoms with E-state index in [0.29, 0.717) is 37.9 Å². The second-order valence-corrected chi connectivity index (χ2v) is 4.78. The van der Waals surface area contributed by atoms with Crippen LogP contribution < -0.4 is 5.73 Å². The summed E-state index contributed by atoms with van der Waals surface area (Å²) in [5, 5.41) is 3.82. The molecule has 1 saturated heterocycles. The summed E-state index contributed by atoms with van der Waals surface area (Å²) in [6, 6.07) is -0.345. The largest absolute Gasteiger partial charge is 0.379 e. The van der Waals surface area contributed by atoms with Crippen molar-refractivity contribution in [2.24, 2.45) is 5.73 Å². The standard InChI is InChI=1S/C12H20F2N4O3/c13-10(14)8-20-4-1-11-16-12(17-21-11)9(15)7-18-2-5-19-6-3-18/h9-10H,1-8,15H2. The molecule has 1 fully saturated rings. The van der Waals surface area contributed by atoms with Crippen LogP contribution in [0.2, 0.25) is 0 Å². The van der Waals surface area contributed by atoms with E-state index in [0.717, 1.165) is 13.1 Å². The van der Waals surface area contributed by atoms with Gasteiger partial charge >= 0.3 is 0 Å². The first-order chi connectivity index (χ1) is 10.1. The second kappa shape index (κ2) is 8.32. The Morgan fingerprint density at radius 1 is 1.33 bits per heavy atom. The molecular weight excluding hydrogens is 286 g/mol. The van der Waals surface area contributed by atoms with Crippen molar-refractivity contribution in [3.8, 4) is 0 Å². The molecule has 0 saturated carbocycles. The minimum absolute atomic E-state index is 0.116. The maximum Gasteiger partial charge on any atom is 0.261 e. The van der Waals surface area contributed by atoms with E-state index in [2.05, 4.69) is 15.0 Å². The minimum Gasteiger partial charge on any atom is -0.379 e. The lowest BCUT2D eigenvalue weighted by Gasteiger charge is -2.27. The third-order valence-corrected chi connectivity index (χ3v) is 3.08. The summed E-state index contributed by atoms with van der Waals surface area (Å²) in [6.45, 7) is 3.23. The Kier molecular flexibility index (Phi) is 6.43. The lowest BCUT2D eigenvalue weighted by Crippen LogP contribution is -2.40. The number of hydrogen-bond acceptors (Lipinski definition) is 7. The van der Waals surface area contributed by atoms with Gasteiger partial charge < -0.3 is 19.7 Å². The van der Waals surface area contributed by atoms with E-state index in [-0.39, 0.29) is 12.6 Å². The third-order valence-electron chi connectivity index (χ3n) is 3.08. The van der Waals surface area contributed by atoms with Gasteiger partial charge in [0, 0.05) is 19.6 Å². The van der Waals surface area contributed by atoms with Crippen molar-refractivity contribution in [2.45, 2.75) is 18.9 Å². The van der Waals surface area contributed by atoms with Crippen LogP contribution in [-0.2, 0) is 15.9 Å². The molecule has 2 rings (SSSR count). The summed E-state index contributed by atoms with van der Waals surface area (Å²) in [4.78, 5) is 6.34.